The van der Waals surface area contributed by atoms with E-state index in [9.17, 15) is 0 Å². The minimum Gasteiger partial charge on any atom is -0.314 e. The maximum atomic E-state index is 3.80. The van der Waals surface area contributed by atoms with E-state index in [4.69, 9.17) is 0 Å². The average molecular weight is 251 g/mol. The van der Waals surface area contributed by atoms with Crippen molar-refractivity contribution in [2.24, 2.45) is 11.8 Å². The van der Waals surface area contributed by atoms with Gasteiger partial charge in [0.2, 0.25) is 0 Å². The van der Waals surface area contributed by atoms with Crippen molar-refractivity contribution < 1.29 is 0 Å². The molecule has 1 nitrogen and oxygen atoms in total. The standard InChI is InChI=1S/C17H33N/c1-2-18-17(14-13-15-9-7-8-10-15)16-11-5-3-4-6-12-16/h15-18H,2-14H2,1H3. The van der Waals surface area contributed by atoms with Crippen LogP contribution in [0.4, 0.5) is 0 Å². The summed E-state index contributed by atoms with van der Waals surface area (Å²) < 4.78 is 0. The van der Waals surface area contributed by atoms with Crippen LogP contribution in [0, 0.1) is 11.8 Å². The molecule has 0 aromatic rings. The minimum absolute atomic E-state index is 0.827. The Bertz CT molecular complexity index is 200. The summed E-state index contributed by atoms with van der Waals surface area (Å²) in [7, 11) is 0. The zero-order valence-electron chi connectivity index (χ0n) is 12.4. The second-order valence-corrected chi connectivity index (χ2v) is 6.64. The van der Waals surface area contributed by atoms with E-state index < -0.39 is 0 Å². The fourth-order valence-corrected chi connectivity index (χ4v) is 4.19. The molecule has 1 atom stereocenters. The number of rotatable bonds is 6. The molecule has 2 fully saturated rings. The number of hydrogen-bond acceptors (Lipinski definition) is 1. The molecular formula is C17H33N. The molecule has 0 aromatic heterocycles. The normalized spacial score (nSPS) is 25.2. The van der Waals surface area contributed by atoms with Crippen molar-refractivity contribution in [3.8, 4) is 0 Å². The van der Waals surface area contributed by atoms with Crippen molar-refractivity contribution >= 4 is 0 Å². The maximum absolute atomic E-state index is 3.80. The molecule has 2 rings (SSSR count). The van der Waals surface area contributed by atoms with Gasteiger partial charge in [-0.15, -0.1) is 0 Å². The Balaban J connectivity index is 1.77. The maximum Gasteiger partial charge on any atom is 0.00953 e. The summed E-state index contributed by atoms with van der Waals surface area (Å²) in [5.41, 5.74) is 0. The molecule has 2 aliphatic rings. The average Bonchev–Trinajstić information content (AvgIpc) is 2.75. The summed E-state index contributed by atoms with van der Waals surface area (Å²) in [5, 5.41) is 3.80. The van der Waals surface area contributed by atoms with Crippen molar-refractivity contribution in [2.75, 3.05) is 6.54 Å². The van der Waals surface area contributed by atoms with Gasteiger partial charge in [0.25, 0.3) is 0 Å². The van der Waals surface area contributed by atoms with Crippen LogP contribution >= 0.6 is 0 Å². The van der Waals surface area contributed by atoms with Crippen molar-refractivity contribution in [2.45, 2.75) is 90.0 Å². The molecule has 0 bridgehead atoms. The van der Waals surface area contributed by atoms with Crippen molar-refractivity contribution in [3.05, 3.63) is 0 Å². The Morgan fingerprint density at radius 1 is 0.889 bits per heavy atom. The Kier molecular flexibility index (Phi) is 6.54. The van der Waals surface area contributed by atoms with Gasteiger partial charge in [-0.25, -0.2) is 0 Å². The van der Waals surface area contributed by atoms with Gasteiger partial charge in [-0.05, 0) is 44.1 Å². The highest BCUT2D eigenvalue weighted by Gasteiger charge is 2.23. The highest BCUT2D eigenvalue weighted by atomic mass is 14.9. The van der Waals surface area contributed by atoms with Gasteiger partial charge in [0.15, 0.2) is 0 Å². The first-order chi connectivity index (χ1) is 8.90. The van der Waals surface area contributed by atoms with E-state index >= 15 is 0 Å². The molecule has 0 saturated heterocycles. The second kappa shape index (κ2) is 8.19. The molecular weight excluding hydrogens is 218 g/mol. The lowest BCUT2D eigenvalue weighted by molar-refractivity contribution is 0.287. The van der Waals surface area contributed by atoms with E-state index in [1.165, 1.54) is 77.0 Å². The van der Waals surface area contributed by atoms with Gasteiger partial charge in [-0.3, -0.25) is 0 Å². The smallest absolute Gasteiger partial charge is 0.00953 e. The third-order valence-corrected chi connectivity index (χ3v) is 5.30. The lowest BCUT2D eigenvalue weighted by Crippen LogP contribution is -2.36. The van der Waals surface area contributed by atoms with Crippen molar-refractivity contribution in [3.63, 3.8) is 0 Å². The predicted molar refractivity (Wildman–Crippen MR) is 79.8 cm³/mol. The zero-order chi connectivity index (χ0) is 12.6. The monoisotopic (exact) mass is 251 g/mol. The van der Waals surface area contributed by atoms with E-state index in [0.717, 1.165) is 24.4 Å². The summed E-state index contributed by atoms with van der Waals surface area (Å²) in [5.74, 6) is 2.05. The van der Waals surface area contributed by atoms with Crippen LogP contribution in [0.5, 0.6) is 0 Å². The molecule has 18 heavy (non-hydrogen) atoms. The molecule has 0 spiro atoms. The third kappa shape index (κ3) is 4.57. The molecule has 0 aliphatic heterocycles. The first kappa shape index (κ1) is 14.4. The Labute approximate surface area is 114 Å². The fourth-order valence-electron chi connectivity index (χ4n) is 4.19. The third-order valence-electron chi connectivity index (χ3n) is 5.30. The van der Waals surface area contributed by atoms with E-state index in [2.05, 4.69) is 12.2 Å². The predicted octanol–water partition coefficient (Wildman–Crippen LogP) is 4.91. The quantitative estimate of drug-likeness (QED) is 0.662. The molecule has 1 unspecified atom stereocenters. The fraction of sp³-hybridized carbons (Fsp3) is 1.00. The number of nitrogens with one attached hydrogen (secondary N) is 1. The van der Waals surface area contributed by atoms with Gasteiger partial charge in [0, 0.05) is 6.04 Å². The first-order valence-corrected chi connectivity index (χ1v) is 8.63. The van der Waals surface area contributed by atoms with Crippen molar-refractivity contribution in [1.29, 1.82) is 0 Å². The van der Waals surface area contributed by atoms with Crippen LogP contribution < -0.4 is 5.32 Å². The van der Waals surface area contributed by atoms with Crippen LogP contribution in [0.25, 0.3) is 0 Å². The zero-order valence-corrected chi connectivity index (χ0v) is 12.4. The Hall–Kier alpha value is -0.0400. The molecule has 0 heterocycles. The molecule has 0 aromatic carbocycles. The highest BCUT2D eigenvalue weighted by molar-refractivity contribution is 4.80. The van der Waals surface area contributed by atoms with Gasteiger partial charge in [0.05, 0.1) is 0 Å². The molecule has 2 aliphatic carbocycles. The van der Waals surface area contributed by atoms with Crippen LogP contribution in [0.1, 0.15) is 84.0 Å². The van der Waals surface area contributed by atoms with E-state index in [1.807, 2.05) is 0 Å². The molecule has 1 heteroatoms. The summed E-state index contributed by atoms with van der Waals surface area (Å²) in [6.07, 6.45) is 17.9. The lowest BCUT2D eigenvalue weighted by atomic mass is 9.86. The summed E-state index contributed by atoms with van der Waals surface area (Å²) in [4.78, 5) is 0. The lowest BCUT2D eigenvalue weighted by Gasteiger charge is -2.28. The summed E-state index contributed by atoms with van der Waals surface area (Å²) in [6, 6.07) is 0.827. The van der Waals surface area contributed by atoms with Crippen molar-refractivity contribution in [1.82, 2.24) is 5.32 Å². The molecule has 0 radical (unpaired) electrons. The summed E-state index contributed by atoms with van der Waals surface area (Å²) in [6.45, 7) is 3.44. The Morgan fingerprint density at radius 2 is 1.50 bits per heavy atom. The van der Waals surface area contributed by atoms with Crippen LogP contribution in [-0.4, -0.2) is 12.6 Å². The minimum atomic E-state index is 0.827. The van der Waals surface area contributed by atoms with Gasteiger partial charge in [0.1, 0.15) is 0 Å². The topological polar surface area (TPSA) is 12.0 Å². The Morgan fingerprint density at radius 3 is 2.11 bits per heavy atom. The molecule has 0 amide bonds. The van der Waals surface area contributed by atoms with E-state index in [0.29, 0.717) is 0 Å². The van der Waals surface area contributed by atoms with E-state index in [-0.39, 0.29) is 0 Å². The number of hydrogen-bond donors (Lipinski definition) is 1. The van der Waals surface area contributed by atoms with Gasteiger partial charge >= 0.3 is 0 Å². The molecule has 1 N–H and O–H groups in total. The molecule has 2 saturated carbocycles. The van der Waals surface area contributed by atoms with Crippen LogP contribution in [-0.2, 0) is 0 Å². The summed E-state index contributed by atoms with van der Waals surface area (Å²) >= 11 is 0. The van der Waals surface area contributed by atoms with Gasteiger partial charge in [-0.2, -0.15) is 0 Å². The second-order valence-electron chi connectivity index (χ2n) is 6.64. The largest absolute Gasteiger partial charge is 0.314 e. The van der Waals surface area contributed by atoms with Crippen LogP contribution in [0.15, 0.2) is 0 Å². The van der Waals surface area contributed by atoms with Gasteiger partial charge in [-0.1, -0.05) is 58.3 Å². The first-order valence-electron chi connectivity index (χ1n) is 8.63. The highest BCUT2D eigenvalue weighted by Crippen LogP contribution is 2.32. The SMILES string of the molecule is CCNC(CCC1CCCC1)C1CCCCCC1. The van der Waals surface area contributed by atoms with Crippen LogP contribution in [0.2, 0.25) is 0 Å². The van der Waals surface area contributed by atoms with Gasteiger partial charge < -0.3 is 5.32 Å². The van der Waals surface area contributed by atoms with Crippen LogP contribution in [0.3, 0.4) is 0 Å². The molecule has 106 valence electrons. The van der Waals surface area contributed by atoms with E-state index in [1.54, 1.807) is 0 Å².